The number of carbonyl (C=O) groups excluding carboxylic acids is 1. The second kappa shape index (κ2) is 12.4. The monoisotopic (exact) mass is 587 g/mol. The molecular formula is C28H33N3O7S2. The standard InChI is InChI=1S/C28H33N3O7S2/c1-20-4-11-26(22(3)18-20)30-39(33,34)27-19-23(6-5-21(27)2)28(32)29-12-15-38-24-7-9-25(10-8-24)40(35,36)31-13-16-37-17-14-31/h4-11,18-19,30H,12-17H2,1-3H3,(H,29,32). The second-order valence-electron chi connectivity index (χ2n) is 9.50. The van der Waals surface area contributed by atoms with Crippen molar-refractivity contribution in [3.05, 3.63) is 82.9 Å². The zero-order chi connectivity index (χ0) is 28.9. The summed E-state index contributed by atoms with van der Waals surface area (Å²) in [5.74, 6) is 0.00915. The van der Waals surface area contributed by atoms with Crippen LogP contribution in [0.15, 0.2) is 70.5 Å². The Hall–Kier alpha value is -3.45. The zero-order valence-corrected chi connectivity index (χ0v) is 24.3. The van der Waals surface area contributed by atoms with Gasteiger partial charge < -0.3 is 14.8 Å². The number of aryl methyl sites for hydroxylation is 3. The van der Waals surface area contributed by atoms with E-state index in [0.717, 1.165) is 11.1 Å². The number of anilines is 1. The Morgan fingerprint density at radius 1 is 0.900 bits per heavy atom. The predicted octanol–water partition coefficient (Wildman–Crippen LogP) is 3.24. The lowest BCUT2D eigenvalue weighted by Crippen LogP contribution is -2.40. The van der Waals surface area contributed by atoms with Gasteiger partial charge >= 0.3 is 0 Å². The van der Waals surface area contributed by atoms with Gasteiger partial charge in [-0.3, -0.25) is 9.52 Å². The first-order valence-electron chi connectivity index (χ1n) is 12.8. The van der Waals surface area contributed by atoms with Crippen LogP contribution in [0.4, 0.5) is 5.69 Å². The van der Waals surface area contributed by atoms with Gasteiger partial charge in [-0.25, -0.2) is 16.8 Å². The molecule has 3 aromatic rings. The average molecular weight is 588 g/mol. The highest BCUT2D eigenvalue weighted by Crippen LogP contribution is 2.24. The molecule has 1 fully saturated rings. The molecule has 1 aliphatic heterocycles. The molecule has 1 heterocycles. The number of morpholine rings is 1. The maximum absolute atomic E-state index is 13.1. The molecule has 214 valence electrons. The smallest absolute Gasteiger partial charge is 0.262 e. The van der Waals surface area contributed by atoms with E-state index in [9.17, 15) is 21.6 Å². The minimum absolute atomic E-state index is 0.0171. The third kappa shape index (κ3) is 7.00. The molecule has 40 heavy (non-hydrogen) atoms. The molecule has 2 N–H and O–H groups in total. The molecule has 0 aromatic heterocycles. The fraction of sp³-hybridized carbons (Fsp3) is 0.321. The minimum Gasteiger partial charge on any atom is -0.492 e. The lowest BCUT2D eigenvalue weighted by molar-refractivity contribution is 0.0730. The topological polar surface area (TPSA) is 131 Å². The lowest BCUT2D eigenvalue weighted by atomic mass is 10.1. The van der Waals surface area contributed by atoms with Crippen LogP contribution in [0.5, 0.6) is 5.75 Å². The van der Waals surface area contributed by atoms with Gasteiger partial charge in [-0.05, 0) is 74.4 Å². The number of hydrogen-bond donors (Lipinski definition) is 2. The molecule has 4 rings (SSSR count). The summed E-state index contributed by atoms with van der Waals surface area (Å²) in [7, 11) is -7.52. The molecule has 1 aliphatic rings. The number of rotatable bonds is 10. The highest BCUT2D eigenvalue weighted by molar-refractivity contribution is 7.92. The highest BCUT2D eigenvalue weighted by atomic mass is 32.2. The van der Waals surface area contributed by atoms with E-state index in [1.54, 1.807) is 37.3 Å². The number of benzene rings is 3. The van der Waals surface area contributed by atoms with Crippen molar-refractivity contribution in [2.24, 2.45) is 0 Å². The summed E-state index contributed by atoms with van der Waals surface area (Å²) < 4.78 is 66.6. The van der Waals surface area contributed by atoms with Gasteiger partial charge in [0.1, 0.15) is 12.4 Å². The number of ether oxygens (including phenoxy) is 2. The maximum atomic E-state index is 13.1. The number of nitrogens with zero attached hydrogens (tertiary/aromatic N) is 1. The zero-order valence-electron chi connectivity index (χ0n) is 22.6. The summed E-state index contributed by atoms with van der Waals surface area (Å²) in [4.78, 5) is 12.9. The predicted molar refractivity (Wildman–Crippen MR) is 152 cm³/mol. The molecule has 0 bridgehead atoms. The van der Waals surface area contributed by atoms with Crippen LogP contribution in [0, 0.1) is 20.8 Å². The van der Waals surface area contributed by atoms with Crippen LogP contribution in [0.1, 0.15) is 27.0 Å². The Bertz CT molecular complexity index is 1580. The van der Waals surface area contributed by atoms with Gasteiger partial charge in [0.15, 0.2) is 0 Å². The van der Waals surface area contributed by atoms with Crippen molar-refractivity contribution in [3.63, 3.8) is 0 Å². The van der Waals surface area contributed by atoms with Crippen molar-refractivity contribution in [1.82, 2.24) is 9.62 Å². The third-order valence-electron chi connectivity index (χ3n) is 6.45. The molecule has 12 heteroatoms. The molecule has 0 aliphatic carbocycles. The first-order chi connectivity index (χ1) is 19.0. The van der Waals surface area contributed by atoms with E-state index in [0.29, 0.717) is 43.3 Å². The van der Waals surface area contributed by atoms with Crippen molar-refractivity contribution in [1.29, 1.82) is 0 Å². The van der Waals surface area contributed by atoms with Crippen LogP contribution in [0.2, 0.25) is 0 Å². The summed E-state index contributed by atoms with van der Waals surface area (Å²) in [5, 5.41) is 2.72. The van der Waals surface area contributed by atoms with Crippen LogP contribution in [-0.4, -0.2) is 66.5 Å². The van der Waals surface area contributed by atoms with Gasteiger partial charge in [0.2, 0.25) is 10.0 Å². The van der Waals surface area contributed by atoms with Crippen molar-refractivity contribution in [3.8, 4) is 5.75 Å². The van der Waals surface area contributed by atoms with Crippen molar-refractivity contribution in [2.75, 3.05) is 44.2 Å². The molecule has 1 amide bonds. The number of sulfonamides is 2. The van der Waals surface area contributed by atoms with E-state index in [1.807, 2.05) is 26.0 Å². The lowest BCUT2D eigenvalue weighted by Gasteiger charge is -2.26. The molecule has 0 unspecified atom stereocenters. The molecule has 1 saturated heterocycles. The van der Waals surface area contributed by atoms with Gasteiger partial charge in [0.05, 0.1) is 35.2 Å². The Morgan fingerprint density at radius 3 is 2.27 bits per heavy atom. The van der Waals surface area contributed by atoms with Crippen LogP contribution in [0.3, 0.4) is 0 Å². The normalized spacial score (nSPS) is 14.5. The SMILES string of the molecule is Cc1ccc(NS(=O)(=O)c2cc(C(=O)NCCOc3ccc(S(=O)(=O)N4CCOCC4)cc3)ccc2C)c(C)c1. The fourth-order valence-corrected chi connectivity index (χ4v) is 7.05. The minimum atomic E-state index is -3.92. The van der Waals surface area contributed by atoms with Gasteiger partial charge in [-0.15, -0.1) is 0 Å². The largest absolute Gasteiger partial charge is 0.492 e. The summed E-state index contributed by atoms with van der Waals surface area (Å²) in [6.45, 7) is 7.09. The average Bonchev–Trinajstić information content (AvgIpc) is 2.93. The van der Waals surface area contributed by atoms with Crippen molar-refractivity contribution >= 4 is 31.6 Å². The molecule has 10 nitrogen and oxygen atoms in total. The fourth-order valence-electron chi connectivity index (χ4n) is 4.24. The van der Waals surface area contributed by atoms with Crippen LogP contribution in [-0.2, 0) is 24.8 Å². The Balaban J connectivity index is 1.33. The van der Waals surface area contributed by atoms with Gasteiger partial charge in [0, 0.05) is 18.7 Å². The summed E-state index contributed by atoms with van der Waals surface area (Å²) in [5.41, 5.74) is 3.00. The van der Waals surface area contributed by atoms with E-state index < -0.39 is 26.0 Å². The molecule has 0 atom stereocenters. The molecule has 0 spiro atoms. The summed E-state index contributed by atoms with van der Waals surface area (Å²) >= 11 is 0. The number of nitrogens with one attached hydrogen (secondary N) is 2. The molecule has 0 saturated carbocycles. The summed E-state index contributed by atoms with van der Waals surface area (Å²) in [6, 6.07) is 16.0. The van der Waals surface area contributed by atoms with Crippen LogP contribution in [0.25, 0.3) is 0 Å². The first-order valence-corrected chi connectivity index (χ1v) is 15.7. The van der Waals surface area contributed by atoms with E-state index in [4.69, 9.17) is 9.47 Å². The Kier molecular flexibility index (Phi) is 9.14. The maximum Gasteiger partial charge on any atom is 0.262 e. The summed E-state index contributed by atoms with van der Waals surface area (Å²) in [6.07, 6.45) is 0. The van der Waals surface area contributed by atoms with Gasteiger partial charge in [-0.2, -0.15) is 4.31 Å². The van der Waals surface area contributed by atoms with E-state index in [1.165, 1.54) is 22.5 Å². The number of amides is 1. The van der Waals surface area contributed by atoms with Crippen LogP contribution >= 0.6 is 0 Å². The van der Waals surface area contributed by atoms with E-state index in [2.05, 4.69) is 10.0 Å². The molecular weight excluding hydrogens is 554 g/mol. The number of carbonyl (C=O) groups is 1. The van der Waals surface area contributed by atoms with E-state index >= 15 is 0 Å². The highest BCUT2D eigenvalue weighted by Gasteiger charge is 2.26. The van der Waals surface area contributed by atoms with Crippen LogP contribution < -0.4 is 14.8 Å². The van der Waals surface area contributed by atoms with Gasteiger partial charge in [-0.1, -0.05) is 23.8 Å². The first kappa shape index (κ1) is 29.5. The van der Waals surface area contributed by atoms with E-state index in [-0.39, 0.29) is 28.5 Å². The van der Waals surface area contributed by atoms with Crippen molar-refractivity contribution in [2.45, 2.75) is 30.6 Å². The second-order valence-corrected chi connectivity index (χ2v) is 13.1. The van der Waals surface area contributed by atoms with Gasteiger partial charge in [0.25, 0.3) is 15.9 Å². The number of hydrogen-bond acceptors (Lipinski definition) is 7. The third-order valence-corrected chi connectivity index (χ3v) is 9.87. The van der Waals surface area contributed by atoms with Crippen molar-refractivity contribution < 1.29 is 31.1 Å². The Labute approximate surface area is 235 Å². The quantitative estimate of drug-likeness (QED) is 0.348. The Morgan fingerprint density at radius 2 is 1.60 bits per heavy atom. The molecule has 0 radical (unpaired) electrons. The molecule has 3 aromatic carbocycles.